The molecule has 3 rings (SSSR count). The van der Waals surface area contributed by atoms with Crippen LogP contribution in [0.4, 0.5) is 4.39 Å². The molecule has 0 N–H and O–H groups in total. The average molecular weight is 492 g/mol. The molecule has 0 heterocycles. The number of rotatable bonds is 14. The fourth-order valence-corrected chi connectivity index (χ4v) is 6.57. The van der Waals surface area contributed by atoms with Crippen molar-refractivity contribution < 1.29 is 4.39 Å². The first-order chi connectivity index (χ1) is 17.7. The van der Waals surface area contributed by atoms with E-state index in [9.17, 15) is 4.39 Å². The van der Waals surface area contributed by atoms with Gasteiger partial charge in [0.1, 0.15) is 6.07 Å². The summed E-state index contributed by atoms with van der Waals surface area (Å²) in [6.45, 7) is 2.28. The maximum Gasteiger partial charge on any atom is 0.199 e. The van der Waals surface area contributed by atoms with E-state index in [4.69, 9.17) is 5.26 Å². The molecule has 0 atom stereocenters. The van der Waals surface area contributed by atoms with Gasteiger partial charge in [-0.25, -0.2) is 0 Å². The number of unbranched alkanes of at least 4 members (excludes halogenated alkanes) is 4. The fraction of sp³-hybridized carbons (Fsp3) is 0.676. The molecule has 2 aliphatic carbocycles. The van der Waals surface area contributed by atoms with Crippen molar-refractivity contribution in [2.24, 2.45) is 17.8 Å². The third kappa shape index (κ3) is 10.6. The topological polar surface area (TPSA) is 23.8 Å². The van der Waals surface area contributed by atoms with E-state index in [0.717, 1.165) is 30.1 Å². The molecule has 1 aromatic rings. The van der Waals surface area contributed by atoms with Gasteiger partial charge in [-0.3, -0.25) is 0 Å². The summed E-state index contributed by atoms with van der Waals surface area (Å²) in [6.07, 6.45) is 29.2. The predicted octanol–water partition coefficient (Wildman–Crippen LogP) is 10.8. The van der Waals surface area contributed by atoms with Crippen LogP contribution in [-0.4, -0.2) is 0 Å². The van der Waals surface area contributed by atoms with E-state index in [1.54, 1.807) is 11.6 Å². The Hall–Kier alpha value is -1.88. The molecule has 0 saturated heterocycles. The van der Waals surface area contributed by atoms with Gasteiger partial charge in [0, 0.05) is 0 Å². The zero-order valence-electron chi connectivity index (χ0n) is 22.9. The first-order valence-electron chi connectivity index (χ1n) is 15.2. The number of nitriles is 1. The molecule has 198 valence electrons. The normalized spacial score (nSPS) is 25.2. The Balaban J connectivity index is 1.26. The minimum atomic E-state index is -0.710. The van der Waals surface area contributed by atoms with Crippen molar-refractivity contribution in [3.63, 3.8) is 0 Å². The molecule has 2 saturated carbocycles. The smallest absolute Gasteiger partial charge is 0.195 e. The summed E-state index contributed by atoms with van der Waals surface area (Å²) in [6, 6.07) is 11.2. The lowest BCUT2D eigenvalue weighted by molar-refractivity contribution is 0.225. The maximum absolute atomic E-state index is 12.8. The van der Waals surface area contributed by atoms with Crippen LogP contribution in [0.1, 0.15) is 133 Å². The van der Waals surface area contributed by atoms with Crippen molar-refractivity contribution in [3.05, 3.63) is 59.4 Å². The van der Waals surface area contributed by atoms with Crippen molar-refractivity contribution >= 4 is 0 Å². The van der Waals surface area contributed by atoms with Gasteiger partial charge in [0.25, 0.3) is 0 Å². The third-order valence-corrected chi connectivity index (χ3v) is 9.04. The fourth-order valence-electron chi connectivity index (χ4n) is 6.57. The highest BCUT2D eigenvalue weighted by atomic mass is 19.1. The van der Waals surface area contributed by atoms with E-state index in [2.05, 4.69) is 31.2 Å². The van der Waals surface area contributed by atoms with Crippen LogP contribution < -0.4 is 0 Å². The lowest BCUT2D eigenvalue weighted by Gasteiger charge is -2.32. The largest absolute Gasteiger partial charge is 0.199 e. The summed E-state index contributed by atoms with van der Waals surface area (Å²) < 4.78 is 12.8. The number of hydrogen-bond acceptors (Lipinski definition) is 1. The van der Waals surface area contributed by atoms with Crippen LogP contribution >= 0.6 is 0 Å². The SMILES string of the molecule is CCCCCCCc1ccc([C@H]2CC[C@H](CC[C@H]3CC[C@H](CC/C=C/C=C(\F)C#N)CC3)CC2)cc1. The van der Waals surface area contributed by atoms with Gasteiger partial charge < -0.3 is 0 Å². The standard InChI is InChI=1S/C34H50FN/c1-2-3-4-5-7-10-29-19-23-32(24-20-29)33-25-21-31(22-26-33)18-17-30-15-13-28(14-16-30)11-8-6-9-12-34(35)27-36/h6,9,12,19-20,23-24,28,30-31,33H,2-5,7-8,10-11,13-18,21-22,25-26H2,1H3/b9-6+,34-12-/t28-,30-,31-,33-. The first-order valence-corrected chi connectivity index (χ1v) is 15.2. The Morgan fingerprint density at radius 3 is 2.03 bits per heavy atom. The number of nitrogens with zero attached hydrogens (tertiary/aromatic N) is 1. The quantitative estimate of drug-likeness (QED) is 0.144. The summed E-state index contributed by atoms with van der Waals surface area (Å²) in [4.78, 5) is 0. The Bertz CT molecular complexity index is 814. The second kappa shape index (κ2) is 16.8. The van der Waals surface area contributed by atoms with Crippen molar-refractivity contribution in [2.45, 2.75) is 128 Å². The molecule has 0 unspecified atom stereocenters. The lowest BCUT2D eigenvalue weighted by atomic mass is 9.74. The van der Waals surface area contributed by atoms with Crippen LogP contribution in [0.15, 0.2) is 48.3 Å². The summed E-state index contributed by atoms with van der Waals surface area (Å²) in [5, 5.41) is 8.43. The molecule has 1 aromatic carbocycles. The molecule has 2 heteroatoms. The minimum Gasteiger partial charge on any atom is -0.195 e. The van der Waals surface area contributed by atoms with Crippen molar-refractivity contribution in [3.8, 4) is 6.07 Å². The van der Waals surface area contributed by atoms with Gasteiger partial charge in [-0.1, -0.05) is 108 Å². The second-order valence-electron chi connectivity index (χ2n) is 11.7. The number of hydrogen-bond donors (Lipinski definition) is 0. The van der Waals surface area contributed by atoms with Gasteiger partial charge in [0.05, 0.1) is 0 Å². The van der Waals surface area contributed by atoms with E-state index in [1.165, 1.54) is 127 Å². The van der Waals surface area contributed by atoms with E-state index < -0.39 is 5.83 Å². The van der Waals surface area contributed by atoms with Crippen molar-refractivity contribution in [1.82, 2.24) is 0 Å². The molecular formula is C34H50FN. The lowest BCUT2D eigenvalue weighted by Crippen LogP contribution is -2.17. The van der Waals surface area contributed by atoms with Crippen molar-refractivity contribution in [2.75, 3.05) is 0 Å². The number of halogens is 1. The number of aryl methyl sites for hydroxylation is 1. The van der Waals surface area contributed by atoms with Gasteiger partial charge >= 0.3 is 0 Å². The zero-order chi connectivity index (χ0) is 25.4. The average Bonchev–Trinajstić information content (AvgIpc) is 2.93. The summed E-state index contributed by atoms with van der Waals surface area (Å²) in [5.41, 5.74) is 3.11. The highest BCUT2D eigenvalue weighted by molar-refractivity contribution is 5.26. The molecule has 0 radical (unpaired) electrons. The first kappa shape index (κ1) is 28.7. The van der Waals surface area contributed by atoms with Crippen LogP contribution in [0, 0.1) is 29.1 Å². The van der Waals surface area contributed by atoms with Gasteiger partial charge in [-0.15, -0.1) is 0 Å². The zero-order valence-corrected chi connectivity index (χ0v) is 22.9. The molecule has 0 bridgehead atoms. The Morgan fingerprint density at radius 2 is 1.42 bits per heavy atom. The molecule has 2 fully saturated rings. The van der Waals surface area contributed by atoms with Crippen LogP contribution in [-0.2, 0) is 6.42 Å². The van der Waals surface area contributed by atoms with Crippen LogP contribution in [0.5, 0.6) is 0 Å². The van der Waals surface area contributed by atoms with E-state index in [0.29, 0.717) is 0 Å². The van der Waals surface area contributed by atoms with Crippen LogP contribution in [0.3, 0.4) is 0 Å². The number of benzene rings is 1. The molecule has 2 aliphatic rings. The minimum absolute atomic E-state index is 0.710. The van der Waals surface area contributed by atoms with E-state index in [-0.39, 0.29) is 0 Å². The highest BCUT2D eigenvalue weighted by Crippen LogP contribution is 2.40. The Kier molecular flexibility index (Phi) is 13.4. The molecular weight excluding hydrogens is 441 g/mol. The summed E-state index contributed by atoms with van der Waals surface area (Å²) >= 11 is 0. The van der Waals surface area contributed by atoms with Crippen LogP contribution in [0.25, 0.3) is 0 Å². The van der Waals surface area contributed by atoms with E-state index >= 15 is 0 Å². The maximum atomic E-state index is 12.8. The Labute approximate surface area is 221 Å². The van der Waals surface area contributed by atoms with Crippen molar-refractivity contribution in [1.29, 1.82) is 5.26 Å². The van der Waals surface area contributed by atoms with Crippen LogP contribution in [0.2, 0.25) is 0 Å². The molecule has 0 spiro atoms. The molecule has 0 aromatic heterocycles. The second-order valence-corrected chi connectivity index (χ2v) is 11.7. The van der Waals surface area contributed by atoms with Gasteiger partial charge in [0.15, 0.2) is 5.83 Å². The van der Waals surface area contributed by atoms with E-state index in [1.807, 2.05) is 6.08 Å². The molecule has 1 nitrogen and oxygen atoms in total. The number of allylic oxidation sites excluding steroid dienone is 4. The van der Waals surface area contributed by atoms with Gasteiger partial charge in [-0.2, -0.15) is 9.65 Å². The summed E-state index contributed by atoms with van der Waals surface area (Å²) in [5.74, 6) is 2.80. The molecule has 36 heavy (non-hydrogen) atoms. The van der Waals surface area contributed by atoms with Gasteiger partial charge in [-0.05, 0) is 92.2 Å². The Morgan fingerprint density at radius 1 is 0.833 bits per heavy atom. The third-order valence-electron chi connectivity index (χ3n) is 9.04. The highest BCUT2D eigenvalue weighted by Gasteiger charge is 2.25. The van der Waals surface area contributed by atoms with Gasteiger partial charge in [0.2, 0.25) is 0 Å². The summed E-state index contributed by atoms with van der Waals surface area (Å²) in [7, 11) is 0. The monoisotopic (exact) mass is 491 g/mol. The molecule has 0 amide bonds. The molecule has 0 aliphatic heterocycles. The predicted molar refractivity (Wildman–Crippen MR) is 151 cm³/mol.